The van der Waals surface area contributed by atoms with E-state index in [1.165, 1.54) is 12.8 Å². The maximum Gasteiger partial charge on any atom is 0.238 e. The average Bonchev–Trinajstić information content (AvgIpc) is 3.61. The molecule has 1 saturated heterocycles. The van der Waals surface area contributed by atoms with Gasteiger partial charge in [0.05, 0.1) is 50.2 Å². The first-order chi connectivity index (χ1) is 18.2. The molecule has 2 fully saturated rings. The van der Waals surface area contributed by atoms with Gasteiger partial charge in [-0.15, -0.1) is 0 Å². The van der Waals surface area contributed by atoms with Gasteiger partial charge in [-0.3, -0.25) is 14.4 Å². The number of carbonyl (C=O) groups excluding carboxylic acids is 1. The number of ether oxygens (including phenoxy) is 1. The van der Waals surface area contributed by atoms with Crippen LogP contribution in [0, 0.1) is 17.2 Å². The number of aromatic nitrogens is 4. The Morgan fingerprint density at radius 1 is 1.19 bits per heavy atom. The molecule has 2 aliphatic rings. The van der Waals surface area contributed by atoms with E-state index < -0.39 is 0 Å². The summed E-state index contributed by atoms with van der Waals surface area (Å²) in [4.78, 5) is 23.6. The summed E-state index contributed by atoms with van der Waals surface area (Å²) in [5, 5.41) is 20.1. The Morgan fingerprint density at radius 2 is 2.00 bits per heavy atom. The third-order valence-corrected chi connectivity index (χ3v) is 7.01. The van der Waals surface area contributed by atoms with Crippen LogP contribution in [-0.2, 0) is 9.53 Å². The number of nitrogens with one attached hydrogen (secondary N) is 2. The fourth-order valence-electron chi connectivity index (χ4n) is 5.11. The van der Waals surface area contributed by atoms with Crippen LogP contribution in [0.2, 0.25) is 0 Å². The average molecular weight is 501 g/mol. The quantitative estimate of drug-likeness (QED) is 0.452. The molecule has 2 N–H and O–H groups in total. The monoisotopic (exact) mass is 500 g/mol. The maximum atomic E-state index is 12.5. The lowest BCUT2D eigenvalue weighted by Gasteiger charge is -2.25. The molecule has 5 rings (SSSR count). The van der Waals surface area contributed by atoms with Crippen LogP contribution in [0.1, 0.15) is 38.1 Å². The molecule has 3 aromatic rings. The van der Waals surface area contributed by atoms with Crippen molar-refractivity contribution in [3.8, 4) is 17.3 Å². The van der Waals surface area contributed by atoms with Gasteiger partial charge in [-0.25, -0.2) is 9.97 Å². The number of hydrogen-bond donors (Lipinski definition) is 2. The van der Waals surface area contributed by atoms with Gasteiger partial charge in [0.15, 0.2) is 0 Å². The molecule has 37 heavy (non-hydrogen) atoms. The number of rotatable bonds is 9. The van der Waals surface area contributed by atoms with Crippen LogP contribution in [0.3, 0.4) is 0 Å². The second-order valence-corrected chi connectivity index (χ2v) is 9.59. The molecule has 192 valence electrons. The maximum absolute atomic E-state index is 12.5. The molecule has 1 aliphatic carbocycles. The van der Waals surface area contributed by atoms with E-state index in [2.05, 4.69) is 36.7 Å². The fourth-order valence-corrected chi connectivity index (χ4v) is 5.11. The van der Waals surface area contributed by atoms with Crippen molar-refractivity contribution in [3.05, 3.63) is 48.9 Å². The number of benzene rings is 1. The van der Waals surface area contributed by atoms with Crippen LogP contribution in [0.15, 0.2) is 48.9 Å². The topological polar surface area (TPSA) is 121 Å². The zero-order valence-corrected chi connectivity index (χ0v) is 20.8. The van der Waals surface area contributed by atoms with Gasteiger partial charge in [-0.05, 0) is 43.0 Å². The van der Waals surface area contributed by atoms with E-state index in [1.807, 2.05) is 41.2 Å². The Balaban J connectivity index is 1.24. The molecule has 1 unspecified atom stereocenters. The molecule has 0 spiro atoms. The molecule has 1 aromatic carbocycles. The zero-order valence-electron chi connectivity index (χ0n) is 20.8. The second kappa shape index (κ2) is 12.0. The lowest BCUT2D eigenvalue weighted by molar-refractivity contribution is -0.118. The molecular weight excluding hydrogens is 468 g/mol. The van der Waals surface area contributed by atoms with E-state index in [1.54, 1.807) is 12.4 Å². The van der Waals surface area contributed by atoms with Gasteiger partial charge < -0.3 is 15.4 Å². The largest absolute Gasteiger partial charge is 0.379 e. The predicted molar refractivity (Wildman–Crippen MR) is 140 cm³/mol. The van der Waals surface area contributed by atoms with Crippen LogP contribution in [-0.4, -0.2) is 63.4 Å². The number of carbonyl (C=O) groups is 1. The van der Waals surface area contributed by atoms with Crippen molar-refractivity contribution >= 4 is 23.2 Å². The second-order valence-electron chi connectivity index (χ2n) is 9.59. The number of amides is 1. The Morgan fingerprint density at radius 3 is 2.81 bits per heavy atom. The van der Waals surface area contributed by atoms with E-state index in [9.17, 15) is 10.1 Å². The number of morpholine rings is 1. The molecule has 3 heterocycles. The summed E-state index contributed by atoms with van der Waals surface area (Å²) < 4.78 is 7.28. The van der Waals surface area contributed by atoms with Gasteiger partial charge in [0.1, 0.15) is 0 Å². The number of anilines is 3. The lowest BCUT2D eigenvalue weighted by Crippen LogP contribution is -2.41. The molecule has 1 aliphatic heterocycles. The Labute approximate surface area is 216 Å². The van der Waals surface area contributed by atoms with Crippen LogP contribution in [0.5, 0.6) is 0 Å². The summed E-state index contributed by atoms with van der Waals surface area (Å²) >= 11 is 0. The summed E-state index contributed by atoms with van der Waals surface area (Å²) in [6.45, 7) is 3.19. The fraction of sp³-hybridized carbons (Fsp3) is 0.444. The minimum Gasteiger partial charge on any atom is -0.379 e. The number of nitrogens with zero attached hydrogens (tertiary/aromatic N) is 6. The SMILES string of the molecule is N#CCC(C1CCCC1)n1cc(-c2ccnc(Nc3cccc(NC(=O)CN4CCOCC4)c3)n2)cn1. The van der Waals surface area contributed by atoms with Crippen molar-refractivity contribution in [3.63, 3.8) is 0 Å². The van der Waals surface area contributed by atoms with Gasteiger partial charge in [-0.1, -0.05) is 18.9 Å². The van der Waals surface area contributed by atoms with Gasteiger partial charge in [0.25, 0.3) is 0 Å². The molecule has 1 amide bonds. The highest BCUT2D eigenvalue weighted by Gasteiger charge is 2.27. The van der Waals surface area contributed by atoms with E-state index >= 15 is 0 Å². The smallest absolute Gasteiger partial charge is 0.238 e. The van der Waals surface area contributed by atoms with Crippen molar-refractivity contribution in [1.29, 1.82) is 5.26 Å². The first-order valence-corrected chi connectivity index (χ1v) is 12.9. The first kappa shape index (κ1) is 24.9. The Bertz CT molecular complexity index is 1240. The van der Waals surface area contributed by atoms with Gasteiger partial charge in [0.2, 0.25) is 11.9 Å². The Hall–Kier alpha value is -3.81. The van der Waals surface area contributed by atoms with E-state index in [0.717, 1.165) is 42.9 Å². The van der Waals surface area contributed by atoms with Crippen molar-refractivity contribution < 1.29 is 9.53 Å². The highest BCUT2D eigenvalue weighted by atomic mass is 16.5. The van der Waals surface area contributed by atoms with Gasteiger partial charge in [-0.2, -0.15) is 10.4 Å². The summed E-state index contributed by atoms with van der Waals surface area (Å²) in [6, 6.07) is 11.8. The Kier molecular flexibility index (Phi) is 8.03. The summed E-state index contributed by atoms with van der Waals surface area (Å²) in [5.74, 6) is 0.893. The van der Waals surface area contributed by atoms with Crippen molar-refractivity contribution in [2.45, 2.75) is 38.1 Å². The minimum absolute atomic E-state index is 0.0541. The molecular formula is C27H32N8O2. The van der Waals surface area contributed by atoms with Crippen molar-refractivity contribution in [2.24, 2.45) is 5.92 Å². The van der Waals surface area contributed by atoms with E-state index in [-0.39, 0.29) is 11.9 Å². The highest BCUT2D eigenvalue weighted by Crippen LogP contribution is 2.36. The minimum atomic E-state index is -0.0541. The zero-order chi connectivity index (χ0) is 25.5. The number of hydrogen-bond acceptors (Lipinski definition) is 8. The molecule has 0 radical (unpaired) electrons. The normalized spacial score (nSPS) is 17.3. The third-order valence-electron chi connectivity index (χ3n) is 7.01. The van der Waals surface area contributed by atoms with Crippen molar-refractivity contribution in [1.82, 2.24) is 24.6 Å². The summed E-state index contributed by atoms with van der Waals surface area (Å²) in [7, 11) is 0. The third kappa shape index (κ3) is 6.50. The summed E-state index contributed by atoms with van der Waals surface area (Å²) in [6.07, 6.45) is 10.7. The predicted octanol–water partition coefficient (Wildman–Crippen LogP) is 4.00. The van der Waals surface area contributed by atoms with Crippen LogP contribution in [0.4, 0.5) is 17.3 Å². The number of nitriles is 1. The van der Waals surface area contributed by atoms with Crippen LogP contribution >= 0.6 is 0 Å². The van der Waals surface area contributed by atoms with Gasteiger partial charge in [0, 0.05) is 42.4 Å². The lowest BCUT2D eigenvalue weighted by atomic mass is 9.96. The highest BCUT2D eigenvalue weighted by molar-refractivity contribution is 5.92. The molecule has 0 bridgehead atoms. The van der Waals surface area contributed by atoms with E-state index in [0.29, 0.717) is 43.7 Å². The molecule has 1 saturated carbocycles. The van der Waals surface area contributed by atoms with Crippen molar-refractivity contribution in [2.75, 3.05) is 43.5 Å². The molecule has 1 atom stereocenters. The molecule has 2 aromatic heterocycles. The molecule has 10 heteroatoms. The van der Waals surface area contributed by atoms with E-state index in [4.69, 9.17) is 4.74 Å². The van der Waals surface area contributed by atoms with Crippen LogP contribution < -0.4 is 10.6 Å². The molecule has 10 nitrogen and oxygen atoms in total. The standard InChI is InChI=1S/C27H32N8O2/c28-10-8-25(20-4-1-2-5-20)35-18-21(17-30-35)24-9-11-29-27(33-24)32-23-7-3-6-22(16-23)31-26(36)19-34-12-14-37-15-13-34/h3,6-7,9,11,16-18,20,25H,1-2,4-5,8,12-15,19H2,(H,31,36)(H,29,32,33). The summed E-state index contributed by atoms with van der Waals surface area (Å²) in [5.41, 5.74) is 3.11. The first-order valence-electron chi connectivity index (χ1n) is 12.9. The van der Waals surface area contributed by atoms with Crippen LogP contribution in [0.25, 0.3) is 11.3 Å². The van der Waals surface area contributed by atoms with Gasteiger partial charge >= 0.3 is 0 Å².